The van der Waals surface area contributed by atoms with Gasteiger partial charge in [-0.1, -0.05) is 65.4 Å². The Bertz CT molecular complexity index is 696. The molecule has 0 aliphatic carbocycles. The maximum Gasteiger partial charge on any atom is 0.130 e. The number of thiocarbonyl (C=S) groups is 1. The predicted molar refractivity (Wildman–Crippen MR) is 107 cm³/mol. The summed E-state index contributed by atoms with van der Waals surface area (Å²) in [5.41, 5.74) is 2.16. The second-order valence-corrected chi connectivity index (χ2v) is 7.69. The molecule has 0 saturated carbocycles. The molecule has 0 spiro atoms. The topological polar surface area (TPSA) is 12.5 Å². The van der Waals surface area contributed by atoms with Crippen molar-refractivity contribution in [2.75, 3.05) is 13.1 Å². The number of rotatable bonds is 4. The lowest BCUT2D eigenvalue weighted by molar-refractivity contribution is 0.281. The molecule has 0 aromatic heterocycles. The SMILES string of the molecule is CC1CCN(C(=S)c2cc(Br)ccc2OCc2ccccc2)CC1. The standard InChI is InChI=1S/C20H22BrNOS/c1-15-9-11-22(12-10-15)20(24)18-13-17(21)7-8-19(18)23-14-16-5-3-2-4-6-16/h2-8,13,15H,9-12,14H2,1H3. The van der Waals surface area contributed by atoms with E-state index < -0.39 is 0 Å². The van der Waals surface area contributed by atoms with E-state index in [2.05, 4.69) is 46.0 Å². The fourth-order valence-electron chi connectivity index (χ4n) is 2.91. The Hall–Kier alpha value is -1.39. The van der Waals surface area contributed by atoms with Crippen molar-refractivity contribution in [3.63, 3.8) is 0 Å². The van der Waals surface area contributed by atoms with Crippen molar-refractivity contribution in [1.29, 1.82) is 0 Å². The van der Waals surface area contributed by atoms with Crippen molar-refractivity contribution in [1.82, 2.24) is 4.90 Å². The number of piperidine rings is 1. The van der Waals surface area contributed by atoms with E-state index in [4.69, 9.17) is 17.0 Å². The normalized spacial score (nSPS) is 15.3. The van der Waals surface area contributed by atoms with Crippen LogP contribution in [0.3, 0.4) is 0 Å². The maximum absolute atomic E-state index is 6.08. The van der Waals surface area contributed by atoms with E-state index in [1.54, 1.807) is 0 Å². The van der Waals surface area contributed by atoms with Gasteiger partial charge in [0.05, 0.1) is 5.56 Å². The molecule has 1 aliphatic rings. The highest BCUT2D eigenvalue weighted by atomic mass is 79.9. The lowest BCUT2D eigenvalue weighted by Gasteiger charge is -2.33. The second kappa shape index (κ2) is 8.13. The Labute approximate surface area is 158 Å². The van der Waals surface area contributed by atoms with Crippen molar-refractivity contribution >= 4 is 33.1 Å². The third kappa shape index (κ3) is 4.37. The van der Waals surface area contributed by atoms with Crippen LogP contribution in [0, 0.1) is 5.92 Å². The molecule has 1 heterocycles. The van der Waals surface area contributed by atoms with Crippen LogP contribution in [0.4, 0.5) is 0 Å². The van der Waals surface area contributed by atoms with Gasteiger partial charge in [-0.3, -0.25) is 0 Å². The van der Waals surface area contributed by atoms with Gasteiger partial charge in [-0.05, 0) is 42.5 Å². The summed E-state index contributed by atoms with van der Waals surface area (Å²) in [5, 5.41) is 0. The zero-order valence-electron chi connectivity index (χ0n) is 13.9. The van der Waals surface area contributed by atoms with E-state index in [0.29, 0.717) is 6.61 Å². The van der Waals surface area contributed by atoms with Crippen molar-refractivity contribution in [3.8, 4) is 5.75 Å². The minimum Gasteiger partial charge on any atom is -0.488 e. The average molecular weight is 404 g/mol. The molecule has 2 aromatic rings. The molecule has 0 radical (unpaired) electrons. The fourth-order valence-corrected chi connectivity index (χ4v) is 3.62. The zero-order chi connectivity index (χ0) is 16.9. The first-order valence-electron chi connectivity index (χ1n) is 8.39. The first-order valence-corrected chi connectivity index (χ1v) is 9.59. The van der Waals surface area contributed by atoms with E-state index in [1.165, 1.54) is 12.8 Å². The molecule has 4 heteroatoms. The van der Waals surface area contributed by atoms with Gasteiger partial charge in [-0.25, -0.2) is 0 Å². The highest BCUT2D eigenvalue weighted by molar-refractivity contribution is 9.10. The Morgan fingerprint density at radius 1 is 1.17 bits per heavy atom. The Balaban J connectivity index is 1.76. The van der Waals surface area contributed by atoms with Crippen LogP contribution in [0.15, 0.2) is 53.0 Å². The van der Waals surface area contributed by atoms with E-state index in [1.807, 2.05) is 30.3 Å². The first-order chi connectivity index (χ1) is 11.6. The van der Waals surface area contributed by atoms with E-state index in [-0.39, 0.29) is 0 Å². The molecule has 2 aromatic carbocycles. The third-order valence-corrected chi connectivity index (χ3v) is 5.45. The molecule has 0 atom stereocenters. The summed E-state index contributed by atoms with van der Waals surface area (Å²) in [7, 11) is 0. The molecular formula is C20H22BrNOS. The molecule has 0 amide bonds. The summed E-state index contributed by atoms with van der Waals surface area (Å²) in [6.07, 6.45) is 2.41. The largest absolute Gasteiger partial charge is 0.488 e. The van der Waals surface area contributed by atoms with Crippen LogP contribution in [-0.4, -0.2) is 23.0 Å². The molecule has 2 nitrogen and oxygen atoms in total. The molecule has 0 unspecified atom stereocenters. The Morgan fingerprint density at radius 3 is 2.58 bits per heavy atom. The minimum atomic E-state index is 0.551. The molecule has 0 bridgehead atoms. The third-order valence-electron chi connectivity index (χ3n) is 4.48. The van der Waals surface area contributed by atoms with Gasteiger partial charge in [0.15, 0.2) is 0 Å². The summed E-state index contributed by atoms with van der Waals surface area (Å²) >= 11 is 9.34. The lowest BCUT2D eigenvalue weighted by atomic mass is 9.99. The molecule has 1 aliphatic heterocycles. The van der Waals surface area contributed by atoms with Gasteiger partial charge in [-0.15, -0.1) is 0 Å². The molecule has 1 fully saturated rings. The number of halogens is 1. The second-order valence-electron chi connectivity index (χ2n) is 6.39. The molecule has 126 valence electrons. The van der Waals surface area contributed by atoms with E-state index >= 15 is 0 Å². The van der Waals surface area contributed by atoms with Crippen molar-refractivity contribution in [2.45, 2.75) is 26.4 Å². The molecule has 3 rings (SSSR count). The number of hydrogen-bond donors (Lipinski definition) is 0. The predicted octanol–water partition coefficient (Wildman–Crippen LogP) is 5.44. The lowest BCUT2D eigenvalue weighted by Crippen LogP contribution is -2.37. The van der Waals surface area contributed by atoms with E-state index in [9.17, 15) is 0 Å². The van der Waals surface area contributed by atoms with Crippen LogP contribution < -0.4 is 4.74 Å². The average Bonchev–Trinajstić information content (AvgIpc) is 2.61. The van der Waals surface area contributed by atoms with Crippen LogP contribution in [-0.2, 0) is 6.61 Å². The number of nitrogens with zero attached hydrogens (tertiary/aromatic N) is 1. The van der Waals surface area contributed by atoms with Crippen LogP contribution >= 0.6 is 28.1 Å². The molecular weight excluding hydrogens is 382 g/mol. The van der Waals surface area contributed by atoms with Crippen LogP contribution in [0.2, 0.25) is 0 Å². The summed E-state index contributed by atoms with van der Waals surface area (Å²) in [4.78, 5) is 3.21. The summed E-state index contributed by atoms with van der Waals surface area (Å²) in [6.45, 7) is 4.93. The van der Waals surface area contributed by atoms with Gasteiger partial charge in [0, 0.05) is 17.6 Å². The van der Waals surface area contributed by atoms with E-state index in [0.717, 1.165) is 45.3 Å². The van der Waals surface area contributed by atoms with Crippen molar-refractivity contribution in [3.05, 3.63) is 64.1 Å². The van der Waals surface area contributed by atoms with Crippen LogP contribution in [0.5, 0.6) is 5.75 Å². The Morgan fingerprint density at radius 2 is 1.88 bits per heavy atom. The number of hydrogen-bond acceptors (Lipinski definition) is 2. The zero-order valence-corrected chi connectivity index (χ0v) is 16.3. The van der Waals surface area contributed by atoms with Crippen molar-refractivity contribution < 1.29 is 4.74 Å². The van der Waals surface area contributed by atoms with Crippen LogP contribution in [0.1, 0.15) is 30.9 Å². The monoisotopic (exact) mass is 403 g/mol. The van der Waals surface area contributed by atoms with Gasteiger partial charge >= 0.3 is 0 Å². The van der Waals surface area contributed by atoms with Crippen LogP contribution in [0.25, 0.3) is 0 Å². The van der Waals surface area contributed by atoms with Gasteiger partial charge < -0.3 is 9.64 Å². The van der Waals surface area contributed by atoms with Gasteiger partial charge in [0.1, 0.15) is 17.3 Å². The van der Waals surface area contributed by atoms with Gasteiger partial charge in [0.2, 0.25) is 0 Å². The molecule has 0 N–H and O–H groups in total. The van der Waals surface area contributed by atoms with Gasteiger partial charge in [-0.2, -0.15) is 0 Å². The summed E-state index contributed by atoms with van der Waals surface area (Å²) in [6, 6.07) is 16.3. The van der Waals surface area contributed by atoms with Crippen molar-refractivity contribution in [2.24, 2.45) is 5.92 Å². The highest BCUT2D eigenvalue weighted by Crippen LogP contribution is 2.28. The molecule has 24 heavy (non-hydrogen) atoms. The number of ether oxygens (including phenoxy) is 1. The quantitative estimate of drug-likeness (QED) is 0.630. The first kappa shape index (κ1) is 17.4. The number of likely N-dealkylation sites (tertiary alicyclic amines) is 1. The minimum absolute atomic E-state index is 0.551. The van der Waals surface area contributed by atoms with Gasteiger partial charge in [0.25, 0.3) is 0 Å². The molecule has 1 saturated heterocycles. The smallest absolute Gasteiger partial charge is 0.130 e. The maximum atomic E-state index is 6.08. The summed E-state index contributed by atoms with van der Waals surface area (Å²) in [5.74, 6) is 1.64. The highest BCUT2D eigenvalue weighted by Gasteiger charge is 2.21. The number of benzene rings is 2. The fraction of sp³-hybridized carbons (Fsp3) is 0.350. The summed E-state index contributed by atoms with van der Waals surface area (Å²) < 4.78 is 7.10. The Kier molecular flexibility index (Phi) is 5.90.